The van der Waals surface area contributed by atoms with Gasteiger partial charge in [-0.2, -0.15) is 0 Å². The van der Waals surface area contributed by atoms with Crippen molar-refractivity contribution >= 4 is 0 Å². The molecule has 0 aromatic rings. The Labute approximate surface area is 70.1 Å². The highest BCUT2D eigenvalue weighted by Gasteiger charge is 2.22. The van der Waals surface area contributed by atoms with E-state index in [1.807, 2.05) is 26.8 Å². The average Bonchev–Trinajstić information content (AvgIpc) is 1.85. The van der Waals surface area contributed by atoms with Crippen molar-refractivity contribution in [2.45, 2.75) is 40.2 Å². The molecule has 0 aromatic carbocycles. The van der Waals surface area contributed by atoms with Crippen molar-refractivity contribution in [2.75, 3.05) is 0 Å². The van der Waals surface area contributed by atoms with Crippen molar-refractivity contribution in [3.05, 3.63) is 12.7 Å². The molecule has 0 aliphatic carbocycles. The second-order valence-electron chi connectivity index (χ2n) is 4.33. The first kappa shape index (κ1) is 10.7. The lowest BCUT2D eigenvalue weighted by atomic mass is 9.84. The fourth-order valence-corrected chi connectivity index (χ4v) is 0.802. The number of allylic oxidation sites excluding steroid dienone is 1. The Morgan fingerprint density at radius 3 is 2.18 bits per heavy atom. The molecule has 0 saturated carbocycles. The zero-order chi connectivity index (χ0) is 9.07. The van der Waals surface area contributed by atoms with Crippen molar-refractivity contribution in [3.8, 4) is 0 Å². The Balaban J connectivity index is 3.87. The maximum absolute atomic E-state index is 9.64. The van der Waals surface area contributed by atoms with Gasteiger partial charge in [-0.15, -0.1) is 6.58 Å². The van der Waals surface area contributed by atoms with E-state index in [9.17, 15) is 5.11 Å². The normalized spacial score (nSPS) is 17.5. The van der Waals surface area contributed by atoms with Gasteiger partial charge in [0, 0.05) is 0 Å². The van der Waals surface area contributed by atoms with Crippen molar-refractivity contribution < 1.29 is 5.11 Å². The lowest BCUT2D eigenvalue weighted by molar-refractivity contribution is 0.0480. The van der Waals surface area contributed by atoms with E-state index in [1.165, 1.54) is 0 Å². The summed E-state index contributed by atoms with van der Waals surface area (Å²) in [4.78, 5) is 0. The summed E-state index contributed by atoms with van der Waals surface area (Å²) in [5.74, 6) is 0.407. The van der Waals surface area contributed by atoms with Gasteiger partial charge in [0.25, 0.3) is 0 Å². The van der Waals surface area contributed by atoms with Crippen LogP contribution in [0.3, 0.4) is 0 Å². The number of hydrogen-bond donors (Lipinski definition) is 1. The third-order valence-corrected chi connectivity index (χ3v) is 2.00. The predicted octanol–water partition coefficient (Wildman–Crippen LogP) is 2.61. The second kappa shape index (κ2) is 3.91. The Hall–Kier alpha value is -0.300. The molecule has 0 heterocycles. The third-order valence-electron chi connectivity index (χ3n) is 2.00. The highest BCUT2D eigenvalue weighted by molar-refractivity contribution is 4.81. The van der Waals surface area contributed by atoms with E-state index < -0.39 is 0 Å². The molecule has 0 radical (unpaired) electrons. The fraction of sp³-hybridized carbons (Fsp3) is 0.800. The Morgan fingerprint density at radius 2 is 1.91 bits per heavy atom. The summed E-state index contributed by atoms with van der Waals surface area (Å²) in [6, 6.07) is 0. The van der Waals surface area contributed by atoms with E-state index in [4.69, 9.17) is 0 Å². The van der Waals surface area contributed by atoms with Crippen LogP contribution in [0.2, 0.25) is 0 Å². The molecule has 0 aromatic heterocycles. The minimum absolute atomic E-state index is 0.00271. The molecule has 11 heavy (non-hydrogen) atoms. The predicted molar refractivity (Wildman–Crippen MR) is 49.4 cm³/mol. The molecule has 0 spiro atoms. The van der Waals surface area contributed by atoms with Crippen LogP contribution in [0.5, 0.6) is 0 Å². The molecule has 1 N–H and O–H groups in total. The van der Waals surface area contributed by atoms with Gasteiger partial charge in [0.2, 0.25) is 0 Å². The van der Waals surface area contributed by atoms with E-state index in [0.29, 0.717) is 5.92 Å². The van der Waals surface area contributed by atoms with Crippen LogP contribution >= 0.6 is 0 Å². The molecule has 0 bridgehead atoms. The first-order valence-electron chi connectivity index (χ1n) is 4.18. The lowest BCUT2D eigenvalue weighted by Crippen LogP contribution is -2.27. The van der Waals surface area contributed by atoms with Crippen LogP contribution in [0.1, 0.15) is 34.1 Å². The minimum atomic E-state index is -0.226. The molecule has 0 aliphatic heterocycles. The van der Waals surface area contributed by atoms with E-state index in [1.54, 1.807) is 0 Å². The average molecular weight is 156 g/mol. The summed E-state index contributed by atoms with van der Waals surface area (Å²) >= 11 is 0. The molecule has 0 rings (SSSR count). The summed E-state index contributed by atoms with van der Waals surface area (Å²) in [7, 11) is 0. The monoisotopic (exact) mass is 156 g/mol. The van der Waals surface area contributed by atoms with Crippen LogP contribution < -0.4 is 0 Å². The zero-order valence-corrected chi connectivity index (χ0v) is 8.09. The Morgan fingerprint density at radius 1 is 1.45 bits per heavy atom. The molecule has 0 aliphatic rings. The zero-order valence-electron chi connectivity index (χ0n) is 8.09. The lowest BCUT2D eigenvalue weighted by Gasteiger charge is -2.27. The number of hydrogen-bond acceptors (Lipinski definition) is 1. The molecule has 0 saturated heterocycles. The number of aliphatic hydroxyl groups is 1. The quantitative estimate of drug-likeness (QED) is 0.623. The van der Waals surface area contributed by atoms with Gasteiger partial charge >= 0.3 is 0 Å². The smallest absolute Gasteiger partial charge is 0.0594 e. The molecule has 1 nitrogen and oxygen atoms in total. The first-order valence-corrected chi connectivity index (χ1v) is 4.18. The highest BCUT2D eigenvalue weighted by Crippen LogP contribution is 2.24. The van der Waals surface area contributed by atoms with Gasteiger partial charge in [-0.05, 0) is 17.8 Å². The van der Waals surface area contributed by atoms with E-state index in [-0.39, 0.29) is 11.5 Å². The summed E-state index contributed by atoms with van der Waals surface area (Å²) in [5.41, 5.74) is -0.00271. The number of aliphatic hydroxyl groups excluding tert-OH is 1. The van der Waals surface area contributed by atoms with Gasteiger partial charge in [0.15, 0.2) is 0 Å². The standard InChI is InChI=1S/C10H20O/c1-6-8(2)7-9(11)10(3,4)5/h6,8-9,11H,1,7H2,2-5H3/t8-,9-/m0/s1. The highest BCUT2D eigenvalue weighted by atomic mass is 16.3. The van der Waals surface area contributed by atoms with E-state index in [2.05, 4.69) is 13.5 Å². The SMILES string of the molecule is C=C[C@H](C)C[C@H](O)C(C)(C)C. The maximum Gasteiger partial charge on any atom is 0.0594 e. The van der Waals surface area contributed by atoms with Crippen molar-refractivity contribution in [2.24, 2.45) is 11.3 Å². The summed E-state index contributed by atoms with van der Waals surface area (Å²) < 4.78 is 0. The van der Waals surface area contributed by atoms with Crippen LogP contribution in [0.4, 0.5) is 0 Å². The van der Waals surface area contributed by atoms with Gasteiger partial charge in [-0.3, -0.25) is 0 Å². The molecular weight excluding hydrogens is 136 g/mol. The van der Waals surface area contributed by atoms with Gasteiger partial charge in [0.05, 0.1) is 6.10 Å². The van der Waals surface area contributed by atoms with Gasteiger partial charge < -0.3 is 5.11 Å². The van der Waals surface area contributed by atoms with Crippen LogP contribution in [0.25, 0.3) is 0 Å². The molecule has 1 heteroatoms. The van der Waals surface area contributed by atoms with Crippen LogP contribution in [0, 0.1) is 11.3 Å². The van der Waals surface area contributed by atoms with Crippen LogP contribution in [-0.2, 0) is 0 Å². The molecule has 0 fully saturated rings. The van der Waals surface area contributed by atoms with E-state index in [0.717, 1.165) is 6.42 Å². The van der Waals surface area contributed by atoms with Crippen molar-refractivity contribution in [1.82, 2.24) is 0 Å². The molecule has 66 valence electrons. The summed E-state index contributed by atoms with van der Waals surface area (Å²) in [6.45, 7) is 11.9. The first-order chi connectivity index (χ1) is 4.88. The maximum atomic E-state index is 9.64. The van der Waals surface area contributed by atoms with Crippen LogP contribution in [0.15, 0.2) is 12.7 Å². The van der Waals surface area contributed by atoms with E-state index >= 15 is 0 Å². The topological polar surface area (TPSA) is 20.2 Å². The molecule has 2 atom stereocenters. The second-order valence-corrected chi connectivity index (χ2v) is 4.33. The summed E-state index contributed by atoms with van der Waals surface area (Å²) in [6.07, 6.45) is 2.47. The van der Waals surface area contributed by atoms with Crippen molar-refractivity contribution in [1.29, 1.82) is 0 Å². The molecule has 0 amide bonds. The van der Waals surface area contributed by atoms with Crippen LogP contribution in [-0.4, -0.2) is 11.2 Å². The third kappa shape index (κ3) is 4.20. The Kier molecular flexibility index (Phi) is 3.81. The van der Waals surface area contributed by atoms with Gasteiger partial charge in [0.1, 0.15) is 0 Å². The minimum Gasteiger partial charge on any atom is -0.393 e. The fourth-order valence-electron chi connectivity index (χ4n) is 0.802. The van der Waals surface area contributed by atoms with Gasteiger partial charge in [-0.25, -0.2) is 0 Å². The molecule has 0 unspecified atom stereocenters. The molecular formula is C10H20O. The summed E-state index contributed by atoms with van der Waals surface area (Å²) in [5, 5.41) is 9.64. The Bertz CT molecular complexity index is 121. The van der Waals surface area contributed by atoms with Gasteiger partial charge in [-0.1, -0.05) is 33.8 Å². The van der Waals surface area contributed by atoms with Crippen molar-refractivity contribution in [3.63, 3.8) is 0 Å². The number of rotatable bonds is 3. The largest absolute Gasteiger partial charge is 0.393 e.